The van der Waals surface area contributed by atoms with Gasteiger partial charge < -0.3 is 10.2 Å². The van der Waals surface area contributed by atoms with Crippen LogP contribution in [0.4, 0.5) is 10.5 Å². The van der Waals surface area contributed by atoms with Crippen LogP contribution in [0, 0.1) is 6.92 Å². The van der Waals surface area contributed by atoms with Gasteiger partial charge in [0.25, 0.3) is 5.56 Å². The summed E-state index contributed by atoms with van der Waals surface area (Å²) in [5, 5.41) is 3.57. The number of fused-ring (bicyclic) bond motifs is 1. The molecule has 6 heteroatoms. The second-order valence-corrected chi connectivity index (χ2v) is 8.32. The molecule has 2 amide bonds. The monoisotopic (exact) mass is 454 g/mol. The molecule has 4 aromatic rings. The summed E-state index contributed by atoms with van der Waals surface area (Å²) < 4.78 is 1.68. The fourth-order valence-electron chi connectivity index (χ4n) is 4.32. The number of rotatable bonds is 6. The lowest BCUT2D eigenvalue weighted by molar-refractivity contribution is 0.193. The maximum absolute atomic E-state index is 13.7. The van der Waals surface area contributed by atoms with Crippen molar-refractivity contribution in [1.29, 1.82) is 0 Å². The Hall–Kier alpha value is -3.93. The zero-order valence-corrected chi connectivity index (χ0v) is 20.1. The largest absolute Gasteiger partial charge is 0.322 e. The summed E-state index contributed by atoms with van der Waals surface area (Å²) in [7, 11) is 0. The molecule has 0 spiro atoms. The number of aryl methyl sites for hydroxylation is 2. The molecule has 34 heavy (non-hydrogen) atoms. The Kier molecular flexibility index (Phi) is 6.77. The van der Waals surface area contributed by atoms with Crippen LogP contribution < -0.4 is 10.9 Å². The van der Waals surface area contributed by atoms with Crippen LogP contribution in [0.15, 0.2) is 77.6 Å². The molecule has 1 N–H and O–H groups in total. The number of carbonyl (C=O) groups is 1. The highest BCUT2D eigenvalue weighted by molar-refractivity contribution is 5.90. The molecule has 174 valence electrons. The topological polar surface area (TPSA) is 67.2 Å². The van der Waals surface area contributed by atoms with Crippen LogP contribution in [-0.2, 0) is 6.42 Å². The lowest BCUT2D eigenvalue weighted by Gasteiger charge is -2.30. The molecule has 0 saturated carbocycles. The molecule has 3 aromatic carbocycles. The normalized spacial score (nSPS) is 11.9. The van der Waals surface area contributed by atoms with Crippen LogP contribution in [0.2, 0.25) is 0 Å². The first kappa shape index (κ1) is 23.2. The molecule has 1 aromatic heterocycles. The first-order chi connectivity index (χ1) is 16.5. The minimum Gasteiger partial charge on any atom is -0.315 e. The Balaban J connectivity index is 1.86. The SMILES string of the molecule is CCc1ccccc1-n1c(C(C)N(CC)C(=O)Nc2ccccc2C)nc2ccccc2c1=O. The lowest BCUT2D eigenvalue weighted by atomic mass is 10.1. The highest BCUT2D eigenvalue weighted by Crippen LogP contribution is 2.25. The van der Waals surface area contributed by atoms with Crippen molar-refractivity contribution < 1.29 is 4.79 Å². The Morgan fingerprint density at radius 2 is 1.68 bits per heavy atom. The van der Waals surface area contributed by atoms with Gasteiger partial charge >= 0.3 is 6.03 Å². The van der Waals surface area contributed by atoms with E-state index in [2.05, 4.69) is 12.2 Å². The van der Waals surface area contributed by atoms with E-state index < -0.39 is 6.04 Å². The Morgan fingerprint density at radius 1 is 1.00 bits per heavy atom. The summed E-state index contributed by atoms with van der Waals surface area (Å²) in [6, 6.07) is 22.2. The van der Waals surface area contributed by atoms with Crippen LogP contribution in [0.5, 0.6) is 0 Å². The van der Waals surface area contributed by atoms with E-state index in [1.807, 2.05) is 87.5 Å². The maximum Gasteiger partial charge on any atom is 0.322 e. The number of anilines is 1. The van der Waals surface area contributed by atoms with E-state index in [1.54, 1.807) is 15.5 Å². The minimum atomic E-state index is -0.448. The van der Waals surface area contributed by atoms with Crippen molar-refractivity contribution in [1.82, 2.24) is 14.5 Å². The second kappa shape index (κ2) is 9.91. The van der Waals surface area contributed by atoms with Crippen LogP contribution in [-0.4, -0.2) is 27.0 Å². The summed E-state index contributed by atoms with van der Waals surface area (Å²) >= 11 is 0. The van der Waals surface area contributed by atoms with Gasteiger partial charge in [-0.15, -0.1) is 0 Å². The smallest absolute Gasteiger partial charge is 0.315 e. The van der Waals surface area contributed by atoms with Crippen LogP contribution in [0.25, 0.3) is 16.6 Å². The molecule has 1 unspecified atom stereocenters. The highest BCUT2D eigenvalue weighted by atomic mass is 16.2. The second-order valence-electron chi connectivity index (χ2n) is 8.32. The summed E-state index contributed by atoms with van der Waals surface area (Å²) in [5.74, 6) is 0.534. The van der Waals surface area contributed by atoms with E-state index in [0.29, 0.717) is 23.3 Å². The van der Waals surface area contributed by atoms with Gasteiger partial charge in [-0.25, -0.2) is 9.78 Å². The van der Waals surface area contributed by atoms with E-state index in [9.17, 15) is 9.59 Å². The van der Waals surface area contributed by atoms with Gasteiger partial charge in [0.2, 0.25) is 0 Å². The fraction of sp³-hybridized carbons (Fsp3) is 0.250. The third-order valence-corrected chi connectivity index (χ3v) is 6.24. The molecule has 0 radical (unpaired) electrons. The van der Waals surface area contributed by atoms with Crippen molar-refractivity contribution in [3.8, 4) is 5.69 Å². The van der Waals surface area contributed by atoms with Crippen LogP contribution in [0.3, 0.4) is 0 Å². The van der Waals surface area contributed by atoms with Crippen LogP contribution in [0.1, 0.15) is 43.8 Å². The van der Waals surface area contributed by atoms with Gasteiger partial charge in [-0.05, 0) is 62.6 Å². The van der Waals surface area contributed by atoms with E-state index >= 15 is 0 Å². The zero-order valence-electron chi connectivity index (χ0n) is 20.1. The molecule has 0 aliphatic heterocycles. The van der Waals surface area contributed by atoms with Crippen molar-refractivity contribution in [3.63, 3.8) is 0 Å². The Bertz CT molecular complexity index is 1390. The van der Waals surface area contributed by atoms with Gasteiger partial charge in [0, 0.05) is 12.2 Å². The molecule has 0 aliphatic rings. The van der Waals surface area contributed by atoms with Crippen molar-refractivity contribution >= 4 is 22.6 Å². The average molecular weight is 455 g/mol. The van der Waals surface area contributed by atoms with Crippen LogP contribution >= 0.6 is 0 Å². The molecule has 1 atom stereocenters. The molecule has 0 aliphatic carbocycles. The van der Waals surface area contributed by atoms with Gasteiger partial charge in [0.05, 0.1) is 22.6 Å². The number of para-hydroxylation sites is 3. The number of carbonyl (C=O) groups excluding carboxylic acids is 1. The van der Waals surface area contributed by atoms with E-state index in [-0.39, 0.29) is 11.6 Å². The average Bonchev–Trinajstić information content (AvgIpc) is 2.86. The minimum absolute atomic E-state index is 0.135. The standard InChI is InChI=1S/C28H30N4O2/c1-5-21-14-8-12-18-25(21)32-26(29-24-17-11-9-15-22(24)27(32)33)20(4)31(6-2)28(34)30-23-16-10-7-13-19(23)3/h7-18,20H,5-6H2,1-4H3,(H,30,34). The van der Waals surface area contributed by atoms with Gasteiger partial charge in [-0.3, -0.25) is 9.36 Å². The molecular formula is C28H30N4O2. The van der Waals surface area contributed by atoms with E-state index in [1.165, 1.54) is 0 Å². The predicted molar refractivity (Wildman–Crippen MR) is 138 cm³/mol. The zero-order chi connectivity index (χ0) is 24.2. The van der Waals surface area contributed by atoms with Crippen molar-refractivity contribution in [3.05, 3.63) is 100 Å². The Labute approximate surface area is 199 Å². The summed E-state index contributed by atoms with van der Waals surface area (Å²) in [6.07, 6.45) is 0.772. The molecule has 0 bridgehead atoms. The first-order valence-corrected chi connectivity index (χ1v) is 11.7. The van der Waals surface area contributed by atoms with Gasteiger partial charge in [0.1, 0.15) is 5.82 Å². The molecule has 0 saturated heterocycles. The number of urea groups is 1. The number of nitrogens with one attached hydrogen (secondary N) is 1. The third-order valence-electron chi connectivity index (χ3n) is 6.24. The summed E-state index contributed by atoms with van der Waals surface area (Å²) in [5.41, 5.74) is 4.07. The number of hydrogen-bond donors (Lipinski definition) is 1. The Morgan fingerprint density at radius 3 is 2.41 bits per heavy atom. The molecular weight excluding hydrogens is 424 g/mol. The summed E-state index contributed by atoms with van der Waals surface area (Å²) in [4.78, 5) is 33.7. The third kappa shape index (κ3) is 4.31. The van der Waals surface area contributed by atoms with E-state index in [4.69, 9.17) is 4.98 Å². The van der Waals surface area contributed by atoms with Gasteiger partial charge in [0.15, 0.2) is 0 Å². The van der Waals surface area contributed by atoms with Gasteiger partial charge in [-0.2, -0.15) is 0 Å². The fourth-order valence-corrected chi connectivity index (χ4v) is 4.32. The van der Waals surface area contributed by atoms with Crippen molar-refractivity contribution in [2.75, 3.05) is 11.9 Å². The number of hydrogen-bond acceptors (Lipinski definition) is 3. The number of benzene rings is 3. The van der Waals surface area contributed by atoms with Crippen molar-refractivity contribution in [2.24, 2.45) is 0 Å². The molecule has 4 rings (SSSR count). The van der Waals surface area contributed by atoms with Gasteiger partial charge in [-0.1, -0.05) is 55.5 Å². The molecule has 6 nitrogen and oxygen atoms in total. The maximum atomic E-state index is 13.7. The molecule has 0 fully saturated rings. The number of amides is 2. The predicted octanol–water partition coefficient (Wildman–Crippen LogP) is 5.87. The lowest BCUT2D eigenvalue weighted by Crippen LogP contribution is -2.40. The van der Waals surface area contributed by atoms with E-state index in [0.717, 1.165) is 28.9 Å². The highest BCUT2D eigenvalue weighted by Gasteiger charge is 2.26. The summed E-state index contributed by atoms with van der Waals surface area (Å²) in [6.45, 7) is 8.33. The quantitative estimate of drug-likeness (QED) is 0.396. The number of aromatic nitrogens is 2. The first-order valence-electron chi connectivity index (χ1n) is 11.7. The number of nitrogens with zero attached hydrogens (tertiary/aromatic N) is 3. The molecule has 1 heterocycles. The van der Waals surface area contributed by atoms with Crippen molar-refractivity contribution in [2.45, 2.75) is 40.2 Å².